The monoisotopic (exact) mass is 521 g/mol. The molecule has 3 N–H and O–H groups in total. The van der Waals surface area contributed by atoms with Gasteiger partial charge in [-0.05, 0) is 52.0 Å². The second kappa shape index (κ2) is 10.1. The molecule has 0 aliphatic heterocycles. The normalized spacial score (nSPS) is 11.9. The van der Waals surface area contributed by atoms with Crippen molar-refractivity contribution in [3.63, 3.8) is 0 Å². The average Bonchev–Trinajstić information content (AvgIpc) is 3.17. The predicted molar refractivity (Wildman–Crippen MR) is 136 cm³/mol. The number of anilines is 2. The number of ether oxygens (including phenoxy) is 1. The minimum absolute atomic E-state index is 0.0536. The van der Waals surface area contributed by atoms with Crippen LogP contribution in [0.15, 0.2) is 36.7 Å². The molecule has 1 amide bonds. The van der Waals surface area contributed by atoms with Gasteiger partial charge in [-0.15, -0.1) is 0 Å². The molecule has 2 heterocycles. The van der Waals surface area contributed by atoms with Crippen LogP contribution in [0, 0.1) is 0 Å². The lowest BCUT2D eigenvalue weighted by Gasteiger charge is -2.26. The number of nitrogens with zero attached hydrogens (tertiary/aromatic N) is 4. The fourth-order valence-electron chi connectivity index (χ4n) is 3.24. The highest BCUT2D eigenvalue weighted by Gasteiger charge is 2.23. The molecule has 1 aromatic carbocycles. The summed E-state index contributed by atoms with van der Waals surface area (Å²) in [6, 6.07) is 6.67. The molecular weight excluding hydrogens is 494 g/mol. The van der Waals surface area contributed by atoms with Gasteiger partial charge >= 0.3 is 6.09 Å². The SMILES string of the molecule is COC(=O)NC(C)(C)Nc1nccc(-c2cn(C(C)C)nc2-c2cc(Cl)cc(NS(C)(=O)=O)c2)n1. The van der Waals surface area contributed by atoms with Gasteiger partial charge in [-0.25, -0.2) is 23.2 Å². The van der Waals surface area contributed by atoms with Gasteiger partial charge in [-0.2, -0.15) is 5.10 Å². The van der Waals surface area contributed by atoms with Gasteiger partial charge in [-0.1, -0.05) is 11.6 Å². The molecular formula is C22H28ClN7O4S. The van der Waals surface area contributed by atoms with E-state index in [0.717, 1.165) is 6.26 Å². The largest absolute Gasteiger partial charge is 0.453 e. The van der Waals surface area contributed by atoms with E-state index in [1.165, 1.54) is 13.2 Å². The molecule has 2 aromatic heterocycles. The van der Waals surface area contributed by atoms with E-state index >= 15 is 0 Å². The van der Waals surface area contributed by atoms with Gasteiger partial charge in [0.15, 0.2) is 0 Å². The molecule has 0 atom stereocenters. The number of hydrogen-bond acceptors (Lipinski definition) is 8. The third-order valence-corrected chi connectivity index (χ3v) is 5.52. The van der Waals surface area contributed by atoms with Crippen molar-refractivity contribution in [2.24, 2.45) is 0 Å². The van der Waals surface area contributed by atoms with Crippen molar-refractivity contribution in [2.75, 3.05) is 23.4 Å². The fourth-order valence-corrected chi connectivity index (χ4v) is 4.02. The second-order valence-electron chi connectivity index (χ2n) is 8.70. The Morgan fingerprint density at radius 2 is 1.94 bits per heavy atom. The molecule has 0 radical (unpaired) electrons. The van der Waals surface area contributed by atoms with Crippen LogP contribution in [0.2, 0.25) is 5.02 Å². The van der Waals surface area contributed by atoms with Crippen molar-refractivity contribution < 1.29 is 17.9 Å². The fraction of sp³-hybridized carbons (Fsp3) is 0.364. The van der Waals surface area contributed by atoms with Gasteiger partial charge in [0, 0.05) is 34.6 Å². The summed E-state index contributed by atoms with van der Waals surface area (Å²) in [7, 11) is -2.22. The maximum absolute atomic E-state index is 11.7. The van der Waals surface area contributed by atoms with Crippen molar-refractivity contribution in [2.45, 2.75) is 39.4 Å². The third-order valence-electron chi connectivity index (χ3n) is 4.69. The van der Waals surface area contributed by atoms with E-state index in [0.29, 0.717) is 33.2 Å². The number of aromatic nitrogens is 4. The maximum Gasteiger partial charge on any atom is 0.408 e. The lowest BCUT2D eigenvalue weighted by Crippen LogP contribution is -2.49. The Bertz CT molecular complexity index is 1340. The zero-order valence-electron chi connectivity index (χ0n) is 20.2. The quantitative estimate of drug-likeness (QED) is 0.376. The smallest absolute Gasteiger partial charge is 0.408 e. The molecule has 0 aliphatic carbocycles. The second-order valence-corrected chi connectivity index (χ2v) is 10.9. The Kier molecular flexibility index (Phi) is 7.56. The van der Waals surface area contributed by atoms with Crippen molar-refractivity contribution in [3.8, 4) is 22.5 Å². The van der Waals surface area contributed by atoms with Crippen LogP contribution < -0.4 is 15.4 Å². The lowest BCUT2D eigenvalue weighted by atomic mass is 10.1. The topological polar surface area (TPSA) is 140 Å². The minimum Gasteiger partial charge on any atom is -0.453 e. The molecule has 13 heteroatoms. The Labute approximate surface area is 209 Å². The summed E-state index contributed by atoms with van der Waals surface area (Å²) in [6.07, 6.45) is 3.91. The Morgan fingerprint density at radius 1 is 1.23 bits per heavy atom. The summed E-state index contributed by atoms with van der Waals surface area (Å²) < 4.78 is 32.4. The Morgan fingerprint density at radius 3 is 2.57 bits per heavy atom. The van der Waals surface area contributed by atoms with Crippen LogP contribution in [0.1, 0.15) is 33.7 Å². The number of methoxy groups -OCH3 is 1. The zero-order valence-corrected chi connectivity index (χ0v) is 21.8. The molecule has 0 aliphatic rings. The van der Waals surface area contributed by atoms with Crippen LogP contribution in [0.5, 0.6) is 0 Å². The first-order valence-corrected chi connectivity index (χ1v) is 12.9. The van der Waals surface area contributed by atoms with Gasteiger partial charge in [-0.3, -0.25) is 14.7 Å². The first-order chi connectivity index (χ1) is 16.3. The van der Waals surface area contributed by atoms with Gasteiger partial charge in [0.2, 0.25) is 16.0 Å². The highest BCUT2D eigenvalue weighted by Crippen LogP contribution is 2.34. The van der Waals surface area contributed by atoms with E-state index in [1.807, 2.05) is 20.0 Å². The highest BCUT2D eigenvalue weighted by atomic mass is 35.5. The molecule has 35 heavy (non-hydrogen) atoms. The van der Waals surface area contributed by atoms with E-state index in [9.17, 15) is 13.2 Å². The Hall–Kier alpha value is -3.38. The number of alkyl carbamates (subject to hydrolysis) is 1. The number of sulfonamides is 1. The lowest BCUT2D eigenvalue weighted by molar-refractivity contribution is 0.162. The van der Waals surface area contributed by atoms with E-state index in [2.05, 4.69) is 30.1 Å². The number of nitrogens with one attached hydrogen (secondary N) is 3. The third kappa shape index (κ3) is 7.06. The predicted octanol–water partition coefficient (Wildman–Crippen LogP) is 4.12. The summed E-state index contributed by atoms with van der Waals surface area (Å²) in [4.78, 5) is 20.5. The van der Waals surface area contributed by atoms with Crippen LogP contribution in [0.3, 0.4) is 0 Å². The van der Waals surface area contributed by atoms with Crippen molar-refractivity contribution in [3.05, 3.63) is 41.7 Å². The first-order valence-electron chi connectivity index (χ1n) is 10.6. The summed E-state index contributed by atoms with van der Waals surface area (Å²) in [5.41, 5.74) is 1.86. The van der Waals surface area contributed by atoms with Crippen molar-refractivity contribution in [1.82, 2.24) is 25.1 Å². The van der Waals surface area contributed by atoms with E-state index in [1.54, 1.807) is 42.9 Å². The highest BCUT2D eigenvalue weighted by molar-refractivity contribution is 7.92. The maximum atomic E-state index is 11.7. The average molecular weight is 522 g/mol. The molecule has 0 unspecified atom stereocenters. The zero-order chi connectivity index (χ0) is 26.0. The molecule has 0 spiro atoms. The van der Waals surface area contributed by atoms with Gasteiger partial charge in [0.1, 0.15) is 11.4 Å². The van der Waals surface area contributed by atoms with Crippen LogP contribution >= 0.6 is 11.6 Å². The van der Waals surface area contributed by atoms with Crippen LogP contribution in [0.4, 0.5) is 16.4 Å². The number of benzene rings is 1. The van der Waals surface area contributed by atoms with Gasteiger partial charge in [0.25, 0.3) is 0 Å². The van der Waals surface area contributed by atoms with Crippen LogP contribution in [-0.2, 0) is 14.8 Å². The molecule has 3 aromatic rings. The molecule has 0 fully saturated rings. The summed E-state index contributed by atoms with van der Waals surface area (Å²) in [6.45, 7) is 7.46. The van der Waals surface area contributed by atoms with Gasteiger partial charge in [0.05, 0.1) is 24.7 Å². The number of hydrogen-bond donors (Lipinski definition) is 3. The molecule has 0 bridgehead atoms. The number of halogens is 1. The number of carbonyl (C=O) groups excluding carboxylic acids is 1. The first kappa shape index (κ1) is 26.2. The van der Waals surface area contributed by atoms with Crippen molar-refractivity contribution in [1.29, 1.82) is 0 Å². The van der Waals surface area contributed by atoms with Crippen LogP contribution in [-0.4, -0.2) is 53.3 Å². The number of rotatable bonds is 8. The standard InChI is InChI=1S/C22H28ClN7O4S/c1-13(2)30-12-17(18-7-8-24-20(25-18)26-22(3,4)27-21(31)34-5)19(28-30)14-9-15(23)11-16(10-14)29-35(6,32)33/h7-13,29H,1-6H3,(H,27,31)(H,24,25,26). The molecule has 3 rings (SSSR count). The van der Waals surface area contributed by atoms with E-state index in [-0.39, 0.29) is 12.0 Å². The number of amides is 1. The minimum atomic E-state index is -3.50. The summed E-state index contributed by atoms with van der Waals surface area (Å²) in [5.74, 6) is 0.276. The molecule has 188 valence electrons. The summed E-state index contributed by atoms with van der Waals surface area (Å²) >= 11 is 6.30. The number of carbonyl (C=O) groups is 1. The molecule has 11 nitrogen and oxygen atoms in total. The van der Waals surface area contributed by atoms with Crippen LogP contribution in [0.25, 0.3) is 22.5 Å². The van der Waals surface area contributed by atoms with Gasteiger partial charge < -0.3 is 10.1 Å². The van der Waals surface area contributed by atoms with E-state index in [4.69, 9.17) is 16.7 Å². The van der Waals surface area contributed by atoms with Crippen molar-refractivity contribution >= 4 is 39.4 Å². The molecule has 0 saturated carbocycles. The Balaban J connectivity index is 2.06. The van der Waals surface area contributed by atoms with E-state index < -0.39 is 21.8 Å². The molecule has 0 saturated heterocycles. The summed E-state index contributed by atoms with van der Waals surface area (Å²) in [5, 5.41) is 10.8.